The molecule has 0 spiro atoms. The van der Waals surface area contributed by atoms with Gasteiger partial charge in [0.05, 0.1) is 12.7 Å². The van der Waals surface area contributed by atoms with E-state index in [2.05, 4.69) is 5.32 Å². The van der Waals surface area contributed by atoms with Gasteiger partial charge in [0.2, 0.25) is 5.91 Å². The van der Waals surface area contributed by atoms with Gasteiger partial charge in [-0.1, -0.05) is 25.7 Å². The molecule has 0 radical (unpaired) electrons. The second kappa shape index (κ2) is 7.27. The van der Waals surface area contributed by atoms with Gasteiger partial charge in [-0.25, -0.2) is 4.79 Å². The molecule has 1 saturated carbocycles. The van der Waals surface area contributed by atoms with Crippen molar-refractivity contribution in [2.75, 3.05) is 6.61 Å². The molecule has 0 aromatic heterocycles. The zero-order chi connectivity index (χ0) is 12.7. The van der Waals surface area contributed by atoms with Crippen LogP contribution in [0.3, 0.4) is 0 Å². The van der Waals surface area contributed by atoms with E-state index in [1.54, 1.807) is 0 Å². The van der Waals surface area contributed by atoms with Crippen LogP contribution < -0.4 is 5.32 Å². The Morgan fingerprint density at radius 1 is 1.29 bits per heavy atom. The lowest BCUT2D eigenvalue weighted by molar-refractivity contribution is -0.144. The van der Waals surface area contributed by atoms with Crippen molar-refractivity contribution in [2.45, 2.75) is 57.6 Å². The number of carbonyl (C=O) groups excluding carboxylic acids is 1. The first kappa shape index (κ1) is 14.0. The smallest absolute Gasteiger partial charge is 0.328 e. The van der Waals surface area contributed by atoms with E-state index in [1.165, 1.54) is 19.8 Å². The molecular weight excluding hydrogens is 222 g/mol. The molecule has 1 aliphatic rings. The Morgan fingerprint density at radius 2 is 1.88 bits per heavy atom. The highest BCUT2D eigenvalue weighted by atomic mass is 16.5. The molecule has 0 aromatic carbocycles. The Hall–Kier alpha value is -1.10. The number of carboxylic acids is 1. The molecular formula is C12H21NO4. The van der Waals surface area contributed by atoms with Crippen LogP contribution in [0, 0.1) is 0 Å². The fourth-order valence-corrected chi connectivity index (χ4v) is 2.06. The summed E-state index contributed by atoms with van der Waals surface area (Å²) >= 11 is 0. The Bertz CT molecular complexity index is 259. The molecule has 0 bridgehead atoms. The van der Waals surface area contributed by atoms with Gasteiger partial charge < -0.3 is 15.2 Å². The van der Waals surface area contributed by atoms with E-state index < -0.39 is 12.0 Å². The molecule has 2 N–H and O–H groups in total. The third kappa shape index (κ3) is 5.68. The fraction of sp³-hybridized carbons (Fsp3) is 0.833. The Labute approximate surface area is 102 Å². The van der Waals surface area contributed by atoms with Crippen LogP contribution in [0.4, 0.5) is 0 Å². The zero-order valence-corrected chi connectivity index (χ0v) is 10.3. The first-order chi connectivity index (χ1) is 8.09. The van der Waals surface area contributed by atoms with E-state index in [9.17, 15) is 9.59 Å². The van der Waals surface area contributed by atoms with Crippen molar-refractivity contribution >= 4 is 11.9 Å². The molecule has 1 rings (SSSR count). The van der Waals surface area contributed by atoms with Crippen LogP contribution in [-0.4, -0.2) is 35.7 Å². The van der Waals surface area contributed by atoms with Crippen LogP contribution in [0.1, 0.15) is 45.4 Å². The lowest BCUT2D eigenvalue weighted by Crippen LogP contribution is -2.43. The summed E-state index contributed by atoms with van der Waals surface area (Å²) in [6.45, 7) is 1.36. The van der Waals surface area contributed by atoms with Crippen molar-refractivity contribution < 1.29 is 19.4 Å². The number of amides is 1. The number of rotatable bonds is 5. The molecule has 98 valence electrons. The van der Waals surface area contributed by atoms with E-state index in [-0.39, 0.29) is 18.6 Å². The number of aliphatic carboxylic acids is 1. The third-order valence-electron chi connectivity index (χ3n) is 2.98. The summed E-state index contributed by atoms with van der Waals surface area (Å²) in [6.07, 6.45) is 6.87. The highest BCUT2D eigenvalue weighted by Gasteiger charge is 2.21. The van der Waals surface area contributed by atoms with E-state index in [4.69, 9.17) is 9.84 Å². The van der Waals surface area contributed by atoms with Crippen molar-refractivity contribution in [3.8, 4) is 0 Å². The fourth-order valence-electron chi connectivity index (χ4n) is 2.06. The normalized spacial score (nSPS) is 19.4. The molecule has 5 nitrogen and oxygen atoms in total. The number of carboxylic acid groups (broad SMARTS) is 1. The Kier molecular flexibility index (Phi) is 5.97. The number of carbonyl (C=O) groups is 2. The molecule has 0 heterocycles. The Morgan fingerprint density at radius 3 is 2.35 bits per heavy atom. The standard InChI is InChI=1S/C12H21NO4/c1-9(14)13-11(12(15)16)8-17-10-6-4-2-3-5-7-10/h10-11H,2-8H2,1H3,(H,13,14)(H,15,16). The number of nitrogens with one attached hydrogen (secondary N) is 1. The van der Waals surface area contributed by atoms with Crippen molar-refractivity contribution in [1.82, 2.24) is 5.32 Å². The van der Waals surface area contributed by atoms with E-state index in [0.717, 1.165) is 25.7 Å². The predicted octanol–water partition coefficient (Wildman–Crippen LogP) is 1.32. The molecule has 1 aliphatic carbocycles. The van der Waals surface area contributed by atoms with Crippen LogP contribution in [0.15, 0.2) is 0 Å². The summed E-state index contributed by atoms with van der Waals surface area (Å²) < 4.78 is 5.59. The van der Waals surface area contributed by atoms with Gasteiger partial charge in [-0.15, -0.1) is 0 Å². The molecule has 1 amide bonds. The zero-order valence-electron chi connectivity index (χ0n) is 10.3. The van der Waals surface area contributed by atoms with Crippen LogP contribution in [-0.2, 0) is 14.3 Å². The van der Waals surface area contributed by atoms with Crippen LogP contribution in [0.2, 0.25) is 0 Å². The molecule has 0 aromatic rings. The van der Waals surface area contributed by atoms with Gasteiger partial charge in [-0.3, -0.25) is 4.79 Å². The molecule has 1 fully saturated rings. The highest BCUT2D eigenvalue weighted by Crippen LogP contribution is 2.19. The van der Waals surface area contributed by atoms with E-state index in [0.29, 0.717) is 0 Å². The highest BCUT2D eigenvalue weighted by molar-refractivity contribution is 5.82. The van der Waals surface area contributed by atoms with Crippen molar-refractivity contribution in [3.05, 3.63) is 0 Å². The number of hydrogen-bond acceptors (Lipinski definition) is 3. The first-order valence-corrected chi connectivity index (χ1v) is 6.21. The maximum atomic E-state index is 10.9. The lowest BCUT2D eigenvalue weighted by atomic mass is 10.1. The predicted molar refractivity (Wildman–Crippen MR) is 62.7 cm³/mol. The molecule has 0 saturated heterocycles. The van der Waals surface area contributed by atoms with Crippen LogP contribution >= 0.6 is 0 Å². The van der Waals surface area contributed by atoms with E-state index in [1.807, 2.05) is 0 Å². The summed E-state index contributed by atoms with van der Waals surface area (Å²) in [5.74, 6) is -1.39. The molecule has 1 unspecified atom stereocenters. The van der Waals surface area contributed by atoms with Crippen LogP contribution in [0.5, 0.6) is 0 Å². The SMILES string of the molecule is CC(=O)NC(COC1CCCCCC1)C(=O)O. The average molecular weight is 243 g/mol. The minimum absolute atomic E-state index is 0.0551. The number of ether oxygens (including phenoxy) is 1. The van der Waals surface area contributed by atoms with Crippen molar-refractivity contribution in [1.29, 1.82) is 0 Å². The van der Waals surface area contributed by atoms with E-state index >= 15 is 0 Å². The Balaban J connectivity index is 2.34. The minimum Gasteiger partial charge on any atom is -0.480 e. The first-order valence-electron chi connectivity index (χ1n) is 6.21. The summed E-state index contributed by atoms with van der Waals surface area (Å²) in [5.41, 5.74) is 0. The largest absolute Gasteiger partial charge is 0.480 e. The maximum absolute atomic E-state index is 10.9. The monoisotopic (exact) mass is 243 g/mol. The molecule has 17 heavy (non-hydrogen) atoms. The van der Waals surface area contributed by atoms with Gasteiger partial charge in [-0.05, 0) is 12.8 Å². The molecule has 5 heteroatoms. The molecule has 0 aliphatic heterocycles. The average Bonchev–Trinajstić information content (AvgIpc) is 2.51. The van der Waals surface area contributed by atoms with Crippen molar-refractivity contribution in [2.24, 2.45) is 0 Å². The summed E-state index contributed by atoms with van der Waals surface area (Å²) in [6, 6.07) is -0.934. The van der Waals surface area contributed by atoms with Gasteiger partial charge in [0.25, 0.3) is 0 Å². The van der Waals surface area contributed by atoms with Gasteiger partial charge in [0.1, 0.15) is 0 Å². The minimum atomic E-state index is -1.05. The second-order valence-corrected chi connectivity index (χ2v) is 4.54. The topological polar surface area (TPSA) is 75.6 Å². The summed E-state index contributed by atoms with van der Waals surface area (Å²) in [4.78, 5) is 21.7. The quantitative estimate of drug-likeness (QED) is 0.714. The van der Waals surface area contributed by atoms with Gasteiger partial charge in [-0.2, -0.15) is 0 Å². The van der Waals surface area contributed by atoms with Gasteiger partial charge in [0, 0.05) is 6.92 Å². The third-order valence-corrected chi connectivity index (χ3v) is 2.98. The number of hydrogen-bond donors (Lipinski definition) is 2. The van der Waals surface area contributed by atoms with Gasteiger partial charge in [0.15, 0.2) is 6.04 Å². The van der Waals surface area contributed by atoms with Crippen molar-refractivity contribution in [3.63, 3.8) is 0 Å². The second-order valence-electron chi connectivity index (χ2n) is 4.54. The van der Waals surface area contributed by atoms with Gasteiger partial charge >= 0.3 is 5.97 Å². The summed E-state index contributed by atoms with van der Waals surface area (Å²) in [7, 11) is 0. The summed E-state index contributed by atoms with van der Waals surface area (Å²) in [5, 5.41) is 11.3. The van der Waals surface area contributed by atoms with Crippen LogP contribution in [0.25, 0.3) is 0 Å². The lowest BCUT2D eigenvalue weighted by Gasteiger charge is -2.19. The maximum Gasteiger partial charge on any atom is 0.328 e. The molecule has 1 atom stereocenters.